The van der Waals surface area contributed by atoms with E-state index in [-0.39, 0.29) is 0 Å². The molecule has 0 radical (unpaired) electrons. The minimum Gasteiger partial charge on any atom is -0.384 e. The van der Waals surface area contributed by atoms with Crippen molar-refractivity contribution in [1.29, 1.82) is 0 Å². The summed E-state index contributed by atoms with van der Waals surface area (Å²) in [7, 11) is 1.80. The van der Waals surface area contributed by atoms with E-state index < -0.39 is 0 Å². The van der Waals surface area contributed by atoms with Gasteiger partial charge in [-0.1, -0.05) is 19.8 Å². The van der Waals surface area contributed by atoms with E-state index in [2.05, 4.69) is 6.92 Å². The smallest absolute Gasteiger partial charge is 0.0519 e. The Balaban J connectivity index is 2.47. The Bertz CT molecular complexity index is 131. The van der Waals surface area contributed by atoms with Crippen molar-refractivity contribution in [3.05, 3.63) is 0 Å². The van der Waals surface area contributed by atoms with Crippen molar-refractivity contribution < 1.29 is 4.74 Å². The Kier molecular flexibility index (Phi) is 4.20. The zero-order valence-electron chi connectivity index (χ0n) is 9.01. The molecule has 0 unspecified atom stereocenters. The summed E-state index contributed by atoms with van der Waals surface area (Å²) >= 11 is 0. The molecule has 1 rings (SSSR count). The number of ether oxygens (including phenoxy) is 1. The molecular weight excluding hydrogens is 162 g/mol. The average Bonchev–Trinajstić information content (AvgIpc) is 2.11. The molecule has 0 amide bonds. The predicted octanol–water partition coefficient (Wildman–Crippen LogP) is 2.18. The summed E-state index contributed by atoms with van der Waals surface area (Å²) in [6.07, 6.45) is 6.44. The second kappa shape index (κ2) is 4.97. The van der Waals surface area contributed by atoms with Crippen LogP contribution >= 0.6 is 0 Å². The van der Waals surface area contributed by atoms with Gasteiger partial charge in [0.2, 0.25) is 0 Å². The third-order valence-corrected chi connectivity index (χ3v) is 3.46. The maximum absolute atomic E-state index is 5.65. The summed E-state index contributed by atoms with van der Waals surface area (Å²) in [5.74, 6) is 0.905. The maximum atomic E-state index is 5.65. The summed E-state index contributed by atoms with van der Waals surface area (Å²) in [4.78, 5) is 0. The van der Waals surface area contributed by atoms with Gasteiger partial charge in [0.1, 0.15) is 0 Å². The second-order valence-electron chi connectivity index (χ2n) is 4.65. The van der Waals surface area contributed by atoms with Gasteiger partial charge in [0.25, 0.3) is 0 Å². The molecule has 2 nitrogen and oxygen atoms in total. The molecule has 0 aromatic heterocycles. The summed E-state index contributed by atoms with van der Waals surface area (Å²) in [5.41, 5.74) is 6.07. The van der Waals surface area contributed by atoms with E-state index >= 15 is 0 Å². The molecule has 1 aliphatic rings. The Morgan fingerprint density at radius 2 is 2.00 bits per heavy atom. The lowest BCUT2D eigenvalue weighted by atomic mass is 9.69. The Hall–Kier alpha value is -0.0800. The molecular formula is C11H23NO. The fourth-order valence-corrected chi connectivity index (χ4v) is 2.45. The molecule has 0 aromatic carbocycles. The zero-order chi connectivity index (χ0) is 9.73. The van der Waals surface area contributed by atoms with Crippen LogP contribution in [-0.2, 0) is 4.74 Å². The van der Waals surface area contributed by atoms with Crippen molar-refractivity contribution in [3.8, 4) is 0 Å². The summed E-state index contributed by atoms with van der Waals surface area (Å²) < 4.78 is 5.32. The molecule has 78 valence electrons. The topological polar surface area (TPSA) is 35.2 Å². The van der Waals surface area contributed by atoms with Crippen LogP contribution in [0.5, 0.6) is 0 Å². The van der Waals surface area contributed by atoms with Gasteiger partial charge in [0.05, 0.1) is 6.61 Å². The number of rotatable bonds is 4. The number of nitrogens with two attached hydrogens (primary N) is 1. The molecule has 2 heteroatoms. The van der Waals surface area contributed by atoms with E-state index in [4.69, 9.17) is 10.5 Å². The fraction of sp³-hybridized carbons (Fsp3) is 1.00. The third-order valence-electron chi connectivity index (χ3n) is 3.46. The third kappa shape index (κ3) is 2.96. The lowest BCUT2D eigenvalue weighted by Gasteiger charge is -2.38. The van der Waals surface area contributed by atoms with Gasteiger partial charge in [-0.2, -0.15) is 0 Å². The number of hydrogen-bond donors (Lipinski definition) is 1. The first-order valence-electron chi connectivity index (χ1n) is 5.41. The van der Waals surface area contributed by atoms with E-state index in [1.165, 1.54) is 25.7 Å². The van der Waals surface area contributed by atoms with Crippen LogP contribution in [0.2, 0.25) is 0 Å². The molecule has 2 N–H and O–H groups in total. The molecule has 0 spiro atoms. The quantitative estimate of drug-likeness (QED) is 0.728. The zero-order valence-corrected chi connectivity index (χ0v) is 9.01. The molecule has 13 heavy (non-hydrogen) atoms. The summed E-state index contributed by atoms with van der Waals surface area (Å²) in [5, 5.41) is 0. The Morgan fingerprint density at radius 1 is 1.38 bits per heavy atom. The molecule has 0 atom stereocenters. The van der Waals surface area contributed by atoms with E-state index in [0.717, 1.165) is 25.5 Å². The van der Waals surface area contributed by atoms with Crippen LogP contribution in [0.25, 0.3) is 0 Å². The maximum Gasteiger partial charge on any atom is 0.0519 e. The van der Waals surface area contributed by atoms with E-state index in [1.807, 2.05) is 0 Å². The van der Waals surface area contributed by atoms with Gasteiger partial charge in [-0.15, -0.1) is 0 Å². The van der Waals surface area contributed by atoms with Gasteiger partial charge < -0.3 is 10.5 Å². The molecule has 0 aliphatic heterocycles. The van der Waals surface area contributed by atoms with Gasteiger partial charge in [-0.25, -0.2) is 0 Å². The lowest BCUT2D eigenvalue weighted by molar-refractivity contribution is 0.0329. The standard InChI is InChI=1S/C11H23NO/c1-10-3-5-11(6-4-10,7-8-12)9-13-2/h10H,3-9,12H2,1-2H3. The van der Waals surface area contributed by atoms with E-state index in [9.17, 15) is 0 Å². The molecule has 1 aliphatic carbocycles. The molecule has 1 saturated carbocycles. The number of hydrogen-bond acceptors (Lipinski definition) is 2. The highest BCUT2D eigenvalue weighted by Gasteiger charge is 2.33. The average molecular weight is 185 g/mol. The minimum absolute atomic E-state index is 0.413. The highest BCUT2D eigenvalue weighted by atomic mass is 16.5. The van der Waals surface area contributed by atoms with Gasteiger partial charge >= 0.3 is 0 Å². The lowest BCUT2D eigenvalue weighted by Crippen LogP contribution is -2.33. The molecule has 0 bridgehead atoms. The van der Waals surface area contributed by atoms with Crippen LogP contribution in [0.1, 0.15) is 39.0 Å². The Morgan fingerprint density at radius 3 is 2.46 bits per heavy atom. The molecule has 0 saturated heterocycles. The van der Waals surface area contributed by atoms with Crippen molar-refractivity contribution in [3.63, 3.8) is 0 Å². The normalized spacial score (nSPS) is 34.8. The highest BCUT2D eigenvalue weighted by Crippen LogP contribution is 2.41. The van der Waals surface area contributed by atoms with Gasteiger partial charge in [-0.3, -0.25) is 0 Å². The van der Waals surface area contributed by atoms with Gasteiger partial charge in [0.15, 0.2) is 0 Å². The SMILES string of the molecule is COCC1(CCN)CCC(C)CC1. The van der Waals surface area contributed by atoms with Crippen LogP contribution < -0.4 is 5.73 Å². The first kappa shape index (κ1) is 11.0. The van der Waals surface area contributed by atoms with Crippen LogP contribution in [-0.4, -0.2) is 20.3 Å². The van der Waals surface area contributed by atoms with Crippen molar-refractivity contribution in [2.45, 2.75) is 39.0 Å². The predicted molar refractivity (Wildman–Crippen MR) is 55.6 cm³/mol. The first-order chi connectivity index (χ1) is 6.22. The molecule has 0 heterocycles. The largest absolute Gasteiger partial charge is 0.384 e. The van der Waals surface area contributed by atoms with Gasteiger partial charge in [-0.05, 0) is 37.1 Å². The van der Waals surface area contributed by atoms with Crippen molar-refractivity contribution in [1.82, 2.24) is 0 Å². The van der Waals surface area contributed by atoms with Crippen LogP contribution in [0.4, 0.5) is 0 Å². The monoisotopic (exact) mass is 185 g/mol. The second-order valence-corrected chi connectivity index (χ2v) is 4.65. The fourth-order valence-electron chi connectivity index (χ4n) is 2.45. The van der Waals surface area contributed by atoms with Crippen LogP contribution in [0.15, 0.2) is 0 Å². The van der Waals surface area contributed by atoms with Crippen LogP contribution in [0, 0.1) is 11.3 Å². The first-order valence-corrected chi connectivity index (χ1v) is 5.41. The van der Waals surface area contributed by atoms with Crippen molar-refractivity contribution >= 4 is 0 Å². The number of methoxy groups -OCH3 is 1. The van der Waals surface area contributed by atoms with Gasteiger partial charge in [0, 0.05) is 7.11 Å². The van der Waals surface area contributed by atoms with Crippen molar-refractivity contribution in [2.75, 3.05) is 20.3 Å². The molecule has 0 aromatic rings. The van der Waals surface area contributed by atoms with E-state index in [1.54, 1.807) is 7.11 Å². The summed E-state index contributed by atoms with van der Waals surface area (Å²) in [6.45, 7) is 4.05. The highest BCUT2D eigenvalue weighted by molar-refractivity contribution is 4.84. The van der Waals surface area contributed by atoms with E-state index in [0.29, 0.717) is 5.41 Å². The molecule has 1 fully saturated rings. The Labute approximate surface area is 81.8 Å². The van der Waals surface area contributed by atoms with Crippen molar-refractivity contribution in [2.24, 2.45) is 17.1 Å². The summed E-state index contributed by atoms with van der Waals surface area (Å²) in [6, 6.07) is 0. The minimum atomic E-state index is 0.413. The van der Waals surface area contributed by atoms with Crippen LogP contribution in [0.3, 0.4) is 0 Å².